The fraction of sp³-hybridized carbons (Fsp3) is 0.200. The van der Waals surface area contributed by atoms with Gasteiger partial charge in [0.25, 0.3) is 0 Å². The van der Waals surface area contributed by atoms with Gasteiger partial charge >= 0.3 is 5.97 Å². The van der Waals surface area contributed by atoms with Gasteiger partial charge in [0.15, 0.2) is 0 Å². The van der Waals surface area contributed by atoms with Gasteiger partial charge in [-0.25, -0.2) is 9.78 Å². The van der Waals surface area contributed by atoms with Crippen molar-refractivity contribution < 1.29 is 9.90 Å². The zero-order valence-electron chi connectivity index (χ0n) is 4.87. The first-order valence-corrected chi connectivity index (χ1v) is 4.42. The smallest absolute Gasteiger partial charge is 0.365 e. The lowest BCUT2D eigenvalue weighted by Crippen LogP contribution is -1.92. The number of hydrogen-bond donors (Lipinski definition) is 1. The van der Waals surface area contributed by atoms with Crippen molar-refractivity contribution in [2.75, 3.05) is 0 Å². The van der Waals surface area contributed by atoms with Gasteiger partial charge in [0.1, 0.15) is 0 Å². The lowest BCUT2D eigenvalue weighted by molar-refractivity contribution is 0.0696. The first kappa shape index (κ1) is 7.68. The van der Waals surface area contributed by atoms with Crippen molar-refractivity contribution in [1.82, 2.24) is 4.98 Å². The lowest BCUT2D eigenvalue weighted by Gasteiger charge is -1.80. The van der Waals surface area contributed by atoms with Gasteiger partial charge < -0.3 is 5.11 Å². The molecule has 0 atom stereocenters. The van der Waals surface area contributed by atoms with E-state index in [1.807, 2.05) is 0 Å². The summed E-state index contributed by atoms with van der Waals surface area (Å²) in [7, 11) is 0. The maximum absolute atomic E-state index is 10.3. The van der Waals surface area contributed by atoms with Crippen molar-refractivity contribution in [3.05, 3.63) is 16.1 Å². The molecular weight excluding hydrogens is 218 g/mol. The number of alkyl halides is 1. The number of thiazole rings is 1. The van der Waals surface area contributed by atoms with E-state index in [9.17, 15) is 4.79 Å². The summed E-state index contributed by atoms with van der Waals surface area (Å²) in [5.41, 5.74) is 0. The summed E-state index contributed by atoms with van der Waals surface area (Å²) >= 11 is 4.38. The van der Waals surface area contributed by atoms with Crippen LogP contribution < -0.4 is 0 Å². The molecule has 0 aliphatic rings. The molecule has 1 N–H and O–H groups in total. The Kier molecular flexibility index (Phi) is 2.39. The molecule has 0 aliphatic heterocycles. The minimum Gasteiger partial charge on any atom is -0.476 e. The standard InChI is InChI=1S/C5H4BrNO2S/c6-1-3-2-7-4(10-3)5(8)9/h2H,1H2,(H,8,9). The molecule has 3 nitrogen and oxygen atoms in total. The SMILES string of the molecule is O=C(O)c1ncc(CBr)s1. The number of aromatic carboxylic acids is 1. The van der Waals surface area contributed by atoms with Crippen molar-refractivity contribution in [3.8, 4) is 0 Å². The number of carboxylic acids is 1. The summed E-state index contributed by atoms with van der Waals surface area (Å²) < 4.78 is 0. The topological polar surface area (TPSA) is 50.2 Å². The second-order valence-corrected chi connectivity index (χ2v) is 3.25. The first-order valence-electron chi connectivity index (χ1n) is 2.48. The van der Waals surface area contributed by atoms with E-state index in [-0.39, 0.29) is 5.01 Å². The maximum atomic E-state index is 10.3. The molecule has 0 fully saturated rings. The normalized spacial score (nSPS) is 9.70. The van der Waals surface area contributed by atoms with E-state index in [1.54, 1.807) is 6.20 Å². The molecule has 5 heteroatoms. The van der Waals surface area contributed by atoms with Crippen molar-refractivity contribution in [1.29, 1.82) is 0 Å². The van der Waals surface area contributed by atoms with Gasteiger partial charge in [0, 0.05) is 16.4 Å². The molecule has 0 amide bonds. The van der Waals surface area contributed by atoms with Crippen LogP contribution in [0.5, 0.6) is 0 Å². The van der Waals surface area contributed by atoms with Crippen molar-refractivity contribution in [3.63, 3.8) is 0 Å². The summed E-state index contributed by atoms with van der Waals surface area (Å²) in [6.45, 7) is 0. The Balaban J connectivity index is 2.88. The zero-order chi connectivity index (χ0) is 7.56. The molecule has 1 heterocycles. The van der Waals surface area contributed by atoms with Gasteiger partial charge in [-0.2, -0.15) is 0 Å². The Hall–Kier alpha value is -0.420. The number of nitrogens with zero attached hydrogens (tertiary/aromatic N) is 1. The summed E-state index contributed by atoms with van der Waals surface area (Å²) in [5.74, 6) is -0.961. The average Bonchev–Trinajstić information content (AvgIpc) is 2.34. The highest BCUT2D eigenvalue weighted by atomic mass is 79.9. The van der Waals surface area contributed by atoms with Gasteiger partial charge in [-0.05, 0) is 0 Å². The summed E-state index contributed by atoms with van der Waals surface area (Å²) in [5, 5.41) is 9.24. The molecular formula is C5H4BrNO2S. The third kappa shape index (κ3) is 1.54. The summed E-state index contributed by atoms with van der Waals surface area (Å²) in [6.07, 6.45) is 1.56. The molecule has 0 saturated carbocycles. The fourth-order valence-corrected chi connectivity index (χ4v) is 1.56. The van der Waals surface area contributed by atoms with Crippen LogP contribution >= 0.6 is 27.3 Å². The van der Waals surface area contributed by atoms with E-state index >= 15 is 0 Å². The molecule has 0 spiro atoms. The van der Waals surface area contributed by atoms with E-state index in [1.165, 1.54) is 11.3 Å². The van der Waals surface area contributed by atoms with Crippen LogP contribution in [0.3, 0.4) is 0 Å². The van der Waals surface area contributed by atoms with Crippen molar-refractivity contribution in [2.45, 2.75) is 5.33 Å². The lowest BCUT2D eigenvalue weighted by atomic mass is 10.6. The van der Waals surface area contributed by atoms with Crippen LogP contribution in [0, 0.1) is 0 Å². The van der Waals surface area contributed by atoms with Crippen LogP contribution in [0.4, 0.5) is 0 Å². The zero-order valence-corrected chi connectivity index (χ0v) is 7.28. The Morgan fingerprint density at radius 1 is 1.90 bits per heavy atom. The van der Waals surface area contributed by atoms with Gasteiger partial charge in [-0.3, -0.25) is 0 Å². The molecule has 0 aromatic carbocycles. The Bertz CT molecular complexity index is 248. The van der Waals surface area contributed by atoms with Crippen LogP contribution in [0.2, 0.25) is 0 Å². The average molecular weight is 222 g/mol. The number of carboxylic acid groups (broad SMARTS) is 1. The molecule has 1 aromatic rings. The van der Waals surface area contributed by atoms with Gasteiger partial charge in [0.2, 0.25) is 5.01 Å². The van der Waals surface area contributed by atoms with Crippen molar-refractivity contribution >= 4 is 33.2 Å². The Morgan fingerprint density at radius 3 is 2.90 bits per heavy atom. The van der Waals surface area contributed by atoms with Crippen LogP contribution in [-0.4, -0.2) is 16.1 Å². The third-order valence-corrected chi connectivity index (χ3v) is 2.83. The van der Waals surface area contributed by atoms with Crippen molar-refractivity contribution in [2.24, 2.45) is 0 Å². The summed E-state index contributed by atoms with van der Waals surface area (Å²) in [6, 6.07) is 0. The van der Waals surface area contributed by atoms with E-state index < -0.39 is 5.97 Å². The second kappa shape index (κ2) is 3.12. The highest BCUT2D eigenvalue weighted by molar-refractivity contribution is 9.08. The molecule has 0 unspecified atom stereocenters. The maximum Gasteiger partial charge on any atom is 0.365 e. The molecule has 0 bridgehead atoms. The quantitative estimate of drug-likeness (QED) is 0.775. The molecule has 10 heavy (non-hydrogen) atoms. The Labute approximate surface area is 69.8 Å². The highest BCUT2D eigenvalue weighted by Crippen LogP contribution is 2.15. The fourth-order valence-electron chi connectivity index (χ4n) is 0.468. The monoisotopic (exact) mass is 221 g/mol. The van der Waals surface area contributed by atoms with Gasteiger partial charge in [-0.15, -0.1) is 11.3 Å². The molecule has 1 aromatic heterocycles. The predicted molar refractivity (Wildman–Crippen MR) is 41.7 cm³/mol. The van der Waals surface area contributed by atoms with Crippen LogP contribution in [-0.2, 0) is 5.33 Å². The van der Waals surface area contributed by atoms with E-state index in [2.05, 4.69) is 20.9 Å². The molecule has 0 radical (unpaired) electrons. The second-order valence-electron chi connectivity index (χ2n) is 1.57. The summed E-state index contributed by atoms with van der Waals surface area (Å²) in [4.78, 5) is 14.9. The highest BCUT2D eigenvalue weighted by Gasteiger charge is 2.06. The molecule has 54 valence electrons. The van der Waals surface area contributed by atoms with E-state index in [4.69, 9.17) is 5.11 Å². The van der Waals surface area contributed by atoms with E-state index in [0.29, 0.717) is 5.33 Å². The van der Waals surface area contributed by atoms with E-state index in [0.717, 1.165) is 4.88 Å². The third-order valence-electron chi connectivity index (χ3n) is 0.868. The minimum absolute atomic E-state index is 0.148. The number of rotatable bonds is 2. The van der Waals surface area contributed by atoms with Gasteiger partial charge in [-0.1, -0.05) is 15.9 Å². The van der Waals surface area contributed by atoms with Crippen LogP contribution in [0.1, 0.15) is 14.7 Å². The van der Waals surface area contributed by atoms with Crippen LogP contribution in [0.15, 0.2) is 6.20 Å². The number of aromatic nitrogens is 1. The largest absolute Gasteiger partial charge is 0.476 e. The predicted octanol–water partition coefficient (Wildman–Crippen LogP) is 1.74. The molecule has 1 rings (SSSR count). The number of halogens is 1. The first-order chi connectivity index (χ1) is 4.74. The van der Waals surface area contributed by atoms with Crippen LogP contribution in [0.25, 0.3) is 0 Å². The Morgan fingerprint density at radius 2 is 2.60 bits per heavy atom. The molecule has 0 aliphatic carbocycles. The van der Waals surface area contributed by atoms with Gasteiger partial charge in [0.05, 0.1) is 0 Å². The number of carbonyl (C=O) groups is 1. The number of hydrogen-bond acceptors (Lipinski definition) is 3. The molecule has 0 saturated heterocycles. The minimum atomic E-state index is -0.961.